The van der Waals surface area contributed by atoms with Gasteiger partial charge in [-0.25, -0.2) is 4.39 Å². The van der Waals surface area contributed by atoms with Crippen LogP contribution in [-0.2, 0) is 6.42 Å². The van der Waals surface area contributed by atoms with Crippen LogP contribution in [0.2, 0.25) is 0 Å². The molecule has 0 radical (unpaired) electrons. The van der Waals surface area contributed by atoms with Crippen molar-refractivity contribution in [3.05, 3.63) is 59.9 Å². The van der Waals surface area contributed by atoms with E-state index in [1.807, 2.05) is 25.2 Å². The van der Waals surface area contributed by atoms with Gasteiger partial charge in [0, 0.05) is 16.7 Å². The van der Waals surface area contributed by atoms with E-state index in [4.69, 9.17) is 0 Å². The average molecular weight is 291 g/mol. The van der Waals surface area contributed by atoms with Gasteiger partial charge in [-0.05, 0) is 43.3 Å². The fourth-order valence-corrected chi connectivity index (χ4v) is 3.01. The molecule has 2 aromatic rings. The van der Waals surface area contributed by atoms with Crippen LogP contribution in [0.15, 0.2) is 53.4 Å². The third kappa shape index (κ3) is 4.25. The van der Waals surface area contributed by atoms with E-state index in [0.717, 1.165) is 17.7 Å². The molecule has 2 nitrogen and oxygen atoms in total. The maximum Gasteiger partial charge on any atom is 0.136 e. The quantitative estimate of drug-likeness (QED) is 0.800. The van der Waals surface area contributed by atoms with Crippen molar-refractivity contribution in [1.29, 1.82) is 0 Å². The first-order valence-corrected chi connectivity index (χ1v) is 7.50. The van der Waals surface area contributed by atoms with Gasteiger partial charge in [0.1, 0.15) is 11.6 Å². The number of phenols is 1. The molecular weight excluding hydrogens is 273 g/mol. The summed E-state index contributed by atoms with van der Waals surface area (Å²) < 4.78 is 13.5. The van der Waals surface area contributed by atoms with Crippen molar-refractivity contribution in [2.24, 2.45) is 0 Å². The lowest BCUT2D eigenvalue weighted by Crippen LogP contribution is -2.30. The van der Waals surface area contributed by atoms with Crippen molar-refractivity contribution in [3.63, 3.8) is 0 Å². The zero-order chi connectivity index (χ0) is 14.4. The van der Waals surface area contributed by atoms with E-state index in [9.17, 15) is 9.50 Å². The Balaban J connectivity index is 1.94. The Hall–Kier alpha value is -1.52. The summed E-state index contributed by atoms with van der Waals surface area (Å²) in [5, 5.41) is 12.7. The second-order valence-corrected chi connectivity index (χ2v) is 5.66. The highest BCUT2D eigenvalue weighted by atomic mass is 32.2. The highest BCUT2D eigenvalue weighted by Gasteiger charge is 2.10. The molecule has 0 fully saturated rings. The number of hydrogen-bond donors (Lipinski definition) is 2. The van der Waals surface area contributed by atoms with E-state index in [0.29, 0.717) is 4.90 Å². The van der Waals surface area contributed by atoms with Gasteiger partial charge in [-0.3, -0.25) is 0 Å². The van der Waals surface area contributed by atoms with Crippen LogP contribution in [0.4, 0.5) is 4.39 Å². The Labute approximate surface area is 123 Å². The van der Waals surface area contributed by atoms with Crippen LogP contribution in [-0.4, -0.2) is 23.9 Å². The maximum atomic E-state index is 13.5. The molecule has 0 aliphatic rings. The van der Waals surface area contributed by atoms with E-state index in [1.165, 1.54) is 17.8 Å². The summed E-state index contributed by atoms with van der Waals surface area (Å²) in [7, 11) is 1.90. The van der Waals surface area contributed by atoms with E-state index < -0.39 is 0 Å². The van der Waals surface area contributed by atoms with Crippen molar-refractivity contribution in [1.82, 2.24) is 5.32 Å². The summed E-state index contributed by atoms with van der Waals surface area (Å²) in [6.45, 7) is 0. The standard InChI is InChI=1S/C16H18FNOS/c1-18-13(9-12-5-4-6-14(19)10-12)11-20-16-8-3-2-7-15(16)17/h2-8,10,13,18-19H,9,11H2,1H3. The lowest BCUT2D eigenvalue weighted by molar-refractivity contribution is 0.474. The topological polar surface area (TPSA) is 32.3 Å². The third-order valence-corrected chi connectivity index (χ3v) is 4.29. The molecule has 0 amide bonds. The molecule has 0 aliphatic carbocycles. The molecule has 20 heavy (non-hydrogen) atoms. The highest BCUT2D eigenvalue weighted by Crippen LogP contribution is 2.23. The van der Waals surface area contributed by atoms with Gasteiger partial charge in [0.25, 0.3) is 0 Å². The Kier molecular flexibility index (Phi) is 5.44. The first-order chi connectivity index (χ1) is 9.69. The summed E-state index contributed by atoms with van der Waals surface area (Å²) >= 11 is 1.50. The second-order valence-electron chi connectivity index (χ2n) is 4.60. The Morgan fingerprint density at radius 1 is 1.20 bits per heavy atom. The highest BCUT2D eigenvalue weighted by molar-refractivity contribution is 7.99. The van der Waals surface area contributed by atoms with Crippen molar-refractivity contribution >= 4 is 11.8 Å². The van der Waals surface area contributed by atoms with Gasteiger partial charge in [-0.15, -0.1) is 11.8 Å². The maximum absolute atomic E-state index is 13.5. The lowest BCUT2D eigenvalue weighted by atomic mass is 10.1. The van der Waals surface area contributed by atoms with Gasteiger partial charge in [0.15, 0.2) is 0 Å². The molecule has 2 N–H and O–H groups in total. The molecule has 2 aromatic carbocycles. The Morgan fingerprint density at radius 2 is 2.00 bits per heavy atom. The van der Waals surface area contributed by atoms with Crippen molar-refractivity contribution in [2.75, 3.05) is 12.8 Å². The molecule has 0 aliphatic heterocycles. The van der Waals surface area contributed by atoms with Gasteiger partial charge in [-0.1, -0.05) is 24.3 Å². The minimum atomic E-state index is -0.176. The van der Waals surface area contributed by atoms with Gasteiger partial charge >= 0.3 is 0 Å². The molecule has 1 atom stereocenters. The molecule has 1 unspecified atom stereocenters. The second kappa shape index (κ2) is 7.31. The number of rotatable bonds is 6. The first-order valence-electron chi connectivity index (χ1n) is 6.51. The van der Waals surface area contributed by atoms with E-state index in [2.05, 4.69) is 5.32 Å². The Morgan fingerprint density at radius 3 is 2.70 bits per heavy atom. The minimum Gasteiger partial charge on any atom is -0.508 e. The first kappa shape index (κ1) is 14.9. The van der Waals surface area contributed by atoms with Crippen molar-refractivity contribution < 1.29 is 9.50 Å². The molecule has 0 bridgehead atoms. The van der Waals surface area contributed by atoms with Crippen molar-refractivity contribution in [3.8, 4) is 5.75 Å². The van der Waals surface area contributed by atoms with Gasteiger partial charge in [0.2, 0.25) is 0 Å². The summed E-state index contributed by atoms with van der Waals surface area (Å²) in [5.74, 6) is 0.872. The molecule has 2 rings (SSSR count). The monoisotopic (exact) mass is 291 g/mol. The molecule has 0 saturated heterocycles. The smallest absolute Gasteiger partial charge is 0.136 e. The van der Waals surface area contributed by atoms with Gasteiger partial charge in [-0.2, -0.15) is 0 Å². The number of nitrogens with one attached hydrogen (secondary N) is 1. The molecule has 0 heterocycles. The lowest BCUT2D eigenvalue weighted by Gasteiger charge is -2.16. The zero-order valence-electron chi connectivity index (χ0n) is 11.3. The van der Waals surface area contributed by atoms with Crippen LogP contribution in [0, 0.1) is 5.82 Å². The largest absolute Gasteiger partial charge is 0.508 e. The summed E-state index contributed by atoms with van der Waals surface area (Å²) in [6, 6.07) is 14.3. The summed E-state index contributed by atoms with van der Waals surface area (Å²) in [6.07, 6.45) is 0.798. The zero-order valence-corrected chi connectivity index (χ0v) is 12.2. The van der Waals surface area contributed by atoms with Crippen LogP contribution in [0.1, 0.15) is 5.56 Å². The SMILES string of the molecule is CNC(CSc1ccccc1F)Cc1cccc(O)c1. The van der Waals surface area contributed by atoms with Crippen LogP contribution in [0.25, 0.3) is 0 Å². The molecule has 0 saturated carbocycles. The average Bonchev–Trinajstić information content (AvgIpc) is 2.45. The number of halogens is 1. The molecule has 0 spiro atoms. The van der Waals surface area contributed by atoms with Crippen LogP contribution >= 0.6 is 11.8 Å². The van der Waals surface area contributed by atoms with E-state index in [-0.39, 0.29) is 17.6 Å². The predicted octanol–water partition coefficient (Wildman–Crippen LogP) is 3.45. The number of phenolic OH excluding ortho intramolecular Hbond substituents is 1. The van der Waals surface area contributed by atoms with Gasteiger partial charge in [0.05, 0.1) is 0 Å². The fourth-order valence-electron chi connectivity index (χ4n) is 1.96. The van der Waals surface area contributed by atoms with Crippen LogP contribution in [0.5, 0.6) is 5.75 Å². The van der Waals surface area contributed by atoms with Crippen LogP contribution < -0.4 is 5.32 Å². The summed E-state index contributed by atoms with van der Waals surface area (Å²) in [5.41, 5.74) is 1.07. The fraction of sp³-hybridized carbons (Fsp3) is 0.250. The number of hydrogen-bond acceptors (Lipinski definition) is 3. The summed E-state index contributed by atoms with van der Waals surface area (Å²) in [4.78, 5) is 0.670. The predicted molar refractivity (Wildman–Crippen MR) is 81.8 cm³/mol. The molecule has 106 valence electrons. The normalized spacial score (nSPS) is 12.3. The molecule has 0 aromatic heterocycles. The Bertz CT molecular complexity index is 562. The number of aromatic hydroxyl groups is 1. The minimum absolute atomic E-state index is 0.176. The third-order valence-electron chi connectivity index (χ3n) is 3.08. The molecule has 4 heteroatoms. The number of benzene rings is 2. The van der Waals surface area contributed by atoms with Crippen molar-refractivity contribution in [2.45, 2.75) is 17.4 Å². The van der Waals surface area contributed by atoms with Crippen LogP contribution in [0.3, 0.4) is 0 Å². The molecular formula is C16H18FNOS. The van der Waals surface area contributed by atoms with E-state index >= 15 is 0 Å². The number of likely N-dealkylation sites (N-methyl/N-ethyl adjacent to an activating group) is 1. The van der Waals surface area contributed by atoms with Gasteiger partial charge < -0.3 is 10.4 Å². The number of thioether (sulfide) groups is 1. The van der Waals surface area contributed by atoms with E-state index in [1.54, 1.807) is 24.3 Å².